The van der Waals surface area contributed by atoms with Crippen LogP contribution < -0.4 is 11.1 Å². The standard InChI is InChI=1S/C20H26N2O.ClH/c1-15-9-11-17(12-10-15)18(21)19(23)22-14-20(2,3)13-16-7-5-4-6-8-16;/h4-12,18H,13-14,21H2,1-3H3,(H,22,23);1H. The van der Waals surface area contributed by atoms with Crippen molar-refractivity contribution < 1.29 is 4.79 Å². The van der Waals surface area contributed by atoms with E-state index in [1.807, 2.05) is 49.4 Å². The van der Waals surface area contributed by atoms with E-state index in [4.69, 9.17) is 5.73 Å². The minimum atomic E-state index is -0.622. The van der Waals surface area contributed by atoms with Gasteiger partial charge in [-0.1, -0.05) is 74.0 Å². The number of nitrogens with one attached hydrogen (secondary N) is 1. The van der Waals surface area contributed by atoms with E-state index in [0.717, 1.165) is 17.5 Å². The Bertz CT molecular complexity index is 638. The highest BCUT2D eigenvalue weighted by Gasteiger charge is 2.22. The van der Waals surface area contributed by atoms with Crippen molar-refractivity contribution in [2.24, 2.45) is 11.1 Å². The molecule has 0 fully saturated rings. The first-order valence-corrected chi connectivity index (χ1v) is 8.01. The van der Waals surface area contributed by atoms with E-state index >= 15 is 0 Å². The maximum atomic E-state index is 12.3. The second-order valence-electron chi connectivity index (χ2n) is 6.93. The number of nitrogens with two attached hydrogens (primary N) is 1. The molecule has 3 N–H and O–H groups in total. The molecule has 4 heteroatoms. The van der Waals surface area contributed by atoms with E-state index in [-0.39, 0.29) is 23.7 Å². The minimum Gasteiger partial charge on any atom is -0.354 e. The van der Waals surface area contributed by atoms with Crippen molar-refractivity contribution in [3.63, 3.8) is 0 Å². The second kappa shape index (κ2) is 8.86. The van der Waals surface area contributed by atoms with Crippen LogP contribution in [-0.2, 0) is 11.2 Å². The Kier molecular flexibility index (Phi) is 7.46. The molecule has 2 rings (SSSR count). The lowest BCUT2D eigenvalue weighted by Crippen LogP contribution is -2.40. The first-order valence-electron chi connectivity index (χ1n) is 8.01. The third kappa shape index (κ3) is 5.99. The van der Waals surface area contributed by atoms with Gasteiger partial charge in [-0.15, -0.1) is 12.4 Å². The fourth-order valence-electron chi connectivity index (χ4n) is 2.57. The topological polar surface area (TPSA) is 55.1 Å². The Morgan fingerprint density at radius 2 is 1.67 bits per heavy atom. The van der Waals surface area contributed by atoms with E-state index in [9.17, 15) is 4.79 Å². The predicted octanol–water partition coefficient (Wildman–Crippen LogP) is 3.80. The lowest BCUT2D eigenvalue weighted by Gasteiger charge is -2.26. The third-order valence-corrected chi connectivity index (χ3v) is 3.99. The summed E-state index contributed by atoms with van der Waals surface area (Å²) in [4.78, 5) is 12.3. The average molecular weight is 347 g/mol. The lowest BCUT2D eigenvalue weighted by atomic mass is 9.85. The molecule has 0 aliphatic carbocycles. The van der Waals surface area contributed by atoms with Gasteiger partial charge in [-0.2, -0.15) is 0 Å². The number of halogens is 1. The summed E-state index contributed by atoms with van der Waals surface area (Å²) in [7, 11) is 0. The van der Waals surface area contributed by atoms with Crippen LogP contribution in [-0.4, -0.2) is 12.5 Å². The van der Waals surface area contributed by atoms with Gasteiger partial charge in [0.2, 0.25) is 5.91 Å². The number of hydrogen-bond donors (Lipinski definition) is 2. The van der Waals surface area contributed by atoms with Crippen LogP contribution in [0.3, 0.4) is 0 Å². The summed E-state index contributed by atoms with van der Waals surface area (Å²) in [5, 5.41) is 2.99. The van der Waals surface area contributed by atoms with Crippen molar-refractivity contribution in [3.8, 4) is 0 Å². The molecule has 3 nitrogen and oxygen atoms in total. The molecule has 0 aromatic heterocycles. The fourth-order valence-corrected chi connectivity index (χ4v) is 2.57. The van der Waals surface area contributed by atoms with E-state index in [1.54, 1.807) is 0 Å². The molecule has 0 bridgehead atoms. The molecule has 0 spiro atoms. The van der Waals surface area contributed by atoms with Gasteiger partial charge in [-0.25, -0.2) is 0 Å². The summed E-state index contributed by atoms with van der Waals surface area (Å²) in [6, 6.07) is 17.5. The molecule has 1 unspecified atom stereocenters. The molecule has 0 saturated heterocycles. The molecule has 24 heavy (non-hydrogen) atoms. The zero-order chi connectivity index (χ0) is 16.9. The van der Waals surface area contributed by atoms with Gasteiger partial charge in [-0.05, 0) is 29.9 Å². The van der Waals surface area contributed by atoms with Crippen molar-refractivity contribution in [1.29, 1.82) is 0 Å². The summed E-state index contributed by atoms with van der Waals surface area (Å²) in [5.74, 6) is -0.130. The normalized spacial score (nSPS) is 12.2. The number of benzene rings is 2. The largest absolute Gasteiger partial charge is 0.354 e. The Balaban J connectivity index is 0.00000288. The number of rotatable bonds is 6. The molecule has 130 valence electrons. The van der Waals surface area contributed by atoms with E-state index < -0.39 is 6.04 Å². The quantitative estimate of drug-likeness (QED) is 0.835. The van der Waals surface area contributed by atoms with Gasteiger partial charge in [0.1, 0.15) is 6.04 Å². The van der Waals surface area contributed by atoms with Crippen LogP contribution in [0.1, 0.15) is 36.6 Å². The molecule has 0 aliphatic heterocycles. The van der Waals surface area contributed by atoms with Crippen LogP contribution in [0.4, 0.5) is 0 Å². The van der Waals surface area contributed by atoms with Gasteiger partial charge >= 0.3 is 0 Å². The molecule has 1 atom stereocenters. The number of carbonyl (C=O) groups is 1. The Hall–Kier alpha value is -1.84. The number of hydrogen-bond acceptors (Lipinski definition) is 2. The number of amides is 1. The Morgan fingerprint density at radius 1 is 1.08 bits per heavy atom. The van der Waals surface area contributed by atoms with Gasteiger partial charge in [0, 0.05) is 6.54 Å². The van der Waals surface area contributed by atoms with Crippen molar-refractivity contribution in [2.45, 2.75) is 33.2 Å². The minimum absolute atomic E-state index is 0. The maximum absolute atomic E-state index is 12.3. The zero-order valence-electron chi connectivity index (χ0n) is 14.6. The van der Waals surface area contributed by atoms with Gasteiger partial charge < -0.3 is 11.1 Å². The number of aryl methyl sites for hydroxylation is 1. The average Bonchev–Trinajstić information content (AvgIpc) is 2.53. The van der Waals surface area contributed by atoms with E-state index in [2.05, 4.69) is 31.3 Å². The Morgan fingerprint density at radius 3 is 2.25 bits per heavy atom. The Labute approximate surface area is 151 Å². The highest BCUT2D eigenvalue weighted by molar-refractivity contribution is 5.85. The maximum Gasteiger partial charge on any atom is 0.241 e. The second-order valence-corrected chi connectivity index (χ2v) is 6.93. The monoisotopic (exact) mass is 346 g/mol. The summed E-state index contributed by atoms with van der Waals surface area (Å²) < 4.78 is 0. The highest BCUT2D eigenvalue weighted by atomic mass is 35.5. The van der Waals surface area contributed by atoms with Crippen LogP contribution in [0.5, 0.6) is 0 Å². The third-order valence-electron chi connectivity index (χ3n) is 3.99. The molecular weight excluding hydrogens is 320 g/mol. The first-order chi connectivity index (χ1) is 10.9. The summed E-state index contributed by atoms with van der Waals surface area (Å²) >= 11 is 0. The molecule has 0 saturated carbocycles. The molecule has 2 aromatic rings. The number of carbonyl (C=O) groups excluding carboxylic acids is 1. The van der Waals surface area contributed by atoms with Crippen molar-refractivity contribution >= 4 is 18.3 Å². The van der Waals surface area contributed by atoms with Crippen LogP contribution in [0.25, 0.3) is 0 Å². The molecule has 0 heterocycles. The highest BCUT2D eigenvalue weighted by Crippen LogP contribution is 2.21. The van der Waals surface area contributed by atoms with Crippen LogP contribution in [0.2, 0.25) is 0 Å². The predicted molar refractivity (Wildman–Crippen MR) is 102 cm³/mol. The van der Waals surface area contributed by atoms with Gasteiger partial charge in [0.15, 0.2) is 0 Å². The smallest absolute Gasteiger partial charge is 0.241 e. The summed E-state index contributed by atoms with van der Waals surface area (Å²) in [5.41, 5.74) is 9.31. The summed E-state index contributed by atoms with van der Waals surface area (Å²) in [6.45, 7) is 6.91. The molecule has 1 amide bonds. The van der Waals surface area contributed by atoms with Gasteiger partial charge in [0.25, 0.3) is 0 Å². The van der Waals surface area contributed by atoms with Crippen LogP contribution in [0.15, 0.2) is 54.6 Å². The van der Waals surface area contributed by atoms with Crippen molar-refractivity contribution in [2.75, 3.05) is 6.54 Å². The first kappa shape index (κ1) is 20.2. The van der Waals surface area contributed by atoms with E-state index in [0.29, 0.717) is 6.54 Å². The van der Waals surface area contributed by atoms with Gasteiger partial charge in [0.05, 0.1) is 0 Å². The summed E-state index contributed by atoms with van der Waals surface area (Å²) in [6.07, 6.45) is 0.911. The zero-order valence-corrected chi connectivity index (χ0v) is 15.4. The van der Waals surface area contributed by atoms with Crippen molar-refractivity contribution in [3.05, 3.63) is 71.3 Å². The fraction of sp³-hybridized carbons (Fsp3) is 0.350. The molecule has 2 aromatic carbocycles. The molecule has 0 radical (unpaired) electrons. The van der Waals surface area contributed by atoms with Crippen molar-refractivity contribution in [1.82, 2.24) is 5.32 Å². The molecule has 0 aliphatic rings. The van der Waals surface area contributed by atoms with E-state index in [1.165, 1.54) is 5.56 Å². The lowest BCUT2D eigenvalue weighted by molar-refractivity contribution is -0.122. The van der Waals surface area contributed by atoms with Crippen LogP contribution >= 0.6 is 12.4 Å². The van der Waals surface area contributed by atoms with Crippen LogP contribution in [0, 0.1) is 12.3 Å². The molecular formula is C20H27ClN2O. The SMILES string of the molecule is Cc1ccc(C(N)C(=O)NCC(C)(C)Cc2ccccc2)cc1.Cl. The van der Waals surface area contributed by atoms with Gasteiger partial charge in [-0.3, -0.25) is 4.79 Å².